The van der Waals surface area contributed by atoms with E-state index >= 15 is 0 Å². The predicted octanol–water partition coefficient (Wildman–Crippen LogP) is 1.11. The number of hydrogen-bond acceptors (Lipinski definition) is 3. The maximum Gasteiger partial charge on any atom is 0.326 e. The number of likely N-dealkylation sites (N-methyl/N-ethyl adjacent to an activating group) is 1. The molecule has 0 aromatic rings. The van der Waals surface area contributed by atoms with Crippen molar-refractivity contribution in [2.75, 3.05) is 19.8 Å². The van der Waals surface area contributed by atoms with Crippen LogP contribution in [0, 0.1) is 5.92 Å². The Morgan fingerprint density at radius 3 is 2.50 bits per heavy atom. The summed E-state index contributed by atoms with van der Waals surface area (Å²) in [4.78, 5) is 10.9. The summed E-state index contributed by atoms with van der Waals surface area (Å²) in [7, 11) is 0. The number of carbonyl (C=O) groups is 1. The van der Waals surface area contributed by atoms with Crippen LogP contribution in [0.3, 0.4) is 0 Å². The Morgan fingerprint density at radius 2 is 2.14 bits per heavy atom. The number of aliphatic carboxylic acids is 1. The second-order valence-electron chi connectivity index (χ2n) is 4.08. The zero-order valence-corrected chi connectivity index (χ0v) is 9.46. The van der Waals surface area contributed by atoms with Gasteiger partial charge in [0.25, 0.3) is 0 Å². The third-order valence-corrected chi connectivity index (χ3v) is 1.88. The Hall–Kier alpha value is -0.610. The maximum atomic E-state index is 10.9. The summed E-state index contributed by atoms with van der Waals surface area (Å²) >= 11 is 0. The van der Waals surface area contributed by atoms with E-state index in [1.807, 2.05) is 20.8 Å². The lowest BCUT2D eigenvalue weighted by atomic mass is 10.0. The van der Waals surface area contributed by atoms with Gasteiger partial charge in [0, 0.05) is 6.61 Å². The van der Waals surface area contributed by atoms with Crippen LogP contribution < -0.4 is 5.32 Å². The molecule has 0 fully saturated rings. The Kier molecular flexibility index (Phi) is 5.72. The molecule has 0 saturated carbocycles. The van der Waals surface area contributed by atoms with E-state index in [4.69, 9.17) is 9.84 Å². The van der Waals surface area contributed by atoms with Crippen molar-refractivity contribution >= 4 is 5.97 Å². The zero-order chi connectivity index (χ0) is 11.2. The molecule has 0 radical (unpaired) electrons. The summed E-state index contributed by atoms with van der Waals surface area (Å²) in [6, 6.07) is 0. The fraction of sp³-hybridized carbons (Fsp3) is 0.900. The average Bonchev–Trinajstić information content (AvgIpc) is 2.03. The molecule has 0 spiro atoms. The largest absolute Gasteiger partial charge is 0.480 e. The van der Waals surface area contributed by atoms with Gasteiger partial charge in [-0.25, -0.2) is 0 Å². The van der Waals surface area contributed by atoms with E-state index in [2.05, 4.69) is 5.32 Å². The van der Waals surface area contributed by atoms with Gasteiger partial charge in [0.05, 0.1) is 6.61 Å². The first-order chi connectivity index (χ1) is 6.42. The molecule has 0 aliphatic rings. The van der Waals surface area contributed by atoms with Gasteiger partial charge in [-0.15, -0.1) is 0 Å². The molecule has 4 nitrogen and oxygen atoms in total. The minimum atomic E-state index is -0.969. The van der Waals surface area contributed by atoms with Crippen LogP contribution in [0.2, 0.25) is 0 Å². The molecule has 0 rings (SSSR count). The number of carboxylic acids is 1. The fourth-order valence-electron chi connectivity index (χ4n) is 1.08. The molecule has 0 aromatic heterocycles. The van der Waals surface area contributed by atoms with E-state index in [-0.39, 0.29) is 6.61 Å². The Labute approximate surface area is 85.6 Å². The van der Waals surface area contributed by atoms with E-state index in [9.17, 15) is 4.79 Å². The highest BCUT2D eigenvalue weighted by molar-refractivity contribution is 5.78. The molecule has 84 valence electrons. The van der Waals surface area contributed by atoms with Crippen LogP contribution in [0.5, 0.6) is 0 Å². The quantitative estimate of drug-likeness (QED) is 0.651. The van der Waals surface area contributed by atoms with E-state index in [0.29, 0.717) is 19.1 Å². The van der Waals surface area contributed by atoms with Crippen LogP contribution >= 0.6 is 0 Å². The van der Waals surface area contributed by atoms with Gasteiger partial charge < -0.3 is 15.2 Å². The van der Waals surface area contributed by atoms with Crippen LogP contribution in [-0.2, 0) is 9.53 Å². The molecule has 0 amide bonds. The lowest BCUT2D eigenvalue weighted by Crippen LogP contribution is -2.53. The van der Waals surface area contributed by atoms with Gasteiger partial charge >= 0.3 is 5.97 Å². The molecule has 0 aromatic carbocycles. The molecule has 0 aliphatic carbocycles. The Balaban J connectivity index is 4.03. The summed E-state index contributed by atoms with van der Waals surface area (Å²) in [5.41, 5.74) is -0.969. The molecule has 0 aliphatic heterocycles. The molecule has 1 atom stereocenters. The molecular weight excluding hydrogens is 182 g/mol. The minimum absolute atomic E-state index is 0.203. The average molecular weight is 203 g/mol. The third kappa shape index (κ3) is 4.58. The van der Waals surface area contributed by atoms with Gasteiger partial charge in [-0.2, -0.15) is 0 Å². The number of rotatable bonds is 7. The van der Waals surface area contributed by atoms with Gasteiger partial charge in [0.2, 0.25) is 0 Å². The highest BCUT2D eigenvalue weighted by Gasteiger charge is 2.32. The number of ether oxygens (including phenoxy) is 1. The van der Waals surface area contributed by atoms with Crippen LogP contribution in [-0.4, -0.2) is 36.4 Å². The fourth-order valence-corrected chi connectivity index (χ4v) is 1.08. The summed E-state index contributed by atoms with van der Waals surface area (Å²) in [6.07, 6.45) is 0. The standard InChI is InChI=1S/C10H21NO3/c1-5-11-10(4,9(12)13)7-14-6-8(2)3/h8,11H,5-7H2,1-4H3,(H,12,13). The highest BCUT2D eigenvalue weighted by Crippen LogP contribution is 2.06. The molecule has 14 heavy (non-hydrogen) atoms. The maximum absolute atomic E-state index is 10.9. The van der Waals surface area contributed by atoms with Gasteiger partial charge in [-0.1, -0.05) is 20.8 Å². The normalized spacial score (nSPS) is 15.5. The monoisotopic (exact) mass is 203 g/mol. The van der Waals surface area contributed by atoms with Crippen molar-refractivity contribution in [3.8, 4) is 0 Å². The smallest absolute Gasteiger partial charge is 0.326 e. The minimum Gasteiger partial charge on any atom is -0.480 e. The van der Waals surface area contributed by atoms with Crippen molar-refractivity contribution in [3.05, 3.63) is 0 Å². The summed E-state index contributed by atoms with van der Waals surface area (Å²) < 4.78 is 5.33. The Bertz CT molecular complexity index is 182. The SMILES string of the molecule is CCNC(C)(COCC(C)C)C(=O)O. The molecule has 1 unspecified atom stereocenters. The summed E-state index contributed by atoms with van der Waals surface area (Å²) in [5, 5.41) is 11.9. The van der Waals surface area contributed by atoms with E-state index < -0.39 is 11.5 Å². The summed E-state index contributed by atoms with van der Waals surface area (Å²) in [6.45, 7) is 9.00. The molecular formula is C10H21NO3. The second kappa shape index (κ2) is 5.98. The first kappa shape index (κ1) is 13.4. The van der Waals surface area contributed by atoms with Crippen LogP contribution in [0.25, 0.3) is 0 Å². The topological polar surface area (TPSA) is 58.6 Å². The van der Waals surface area contributed by atoms with Crippen molar-refractivity contribution in [1.29, 1.82) is 0 Å². The summed E-state index contributed by atoms with van der Waals surface area (Å²) in [5.74, 6) is -0.447. The highest BCUT2D eigenvalue weighted by atomic mass is 16.5. The van der Waals surface area contributed by atoms with E-state index in [1.54, 1.807) is 6.92 Å². The molecule has 0 saturated heterocycles. The van der Waals surface area contributed by atoms with Gasteiger partial charge in [-0.3, -0.25) is 4.79 Å². The second-order valence-corrected chi connectivity index (χ2v) is 4.08. The van der Waals surface area contributed by atoms with Gasteiger partial charge in [-0.05, 0) is 19.4 Å². The van der Waals surface area contributed by atoms with Gasteiger partial charge in [0.15, 0.2) is 0 Å². The molecule has 0 heterocycles. The van der Waals surface area contributed by atoms with Gasteiger partial charge in [0.1, 0.15) is 5.54 Å². The lowest BCUT2D eigenvalue weighted by molar-refractivity contribution is -0.147. The van der Waals surface area contributed by atoms with Crippen molar-refractivity contribution in [3.63, 3.8) is 0 Å². The predicted molar refractivity (Wildman–Crippen MR) is 55.4 cm³/mol. The Morgan fingerprint density at radius 1 is 1.57 bits per heavy atom. The van der Waals surface area contributed by atoms with Crippen molar-refractivity contribution in [2.24, 2.45) is 5.92 Å². The molecule has 4 heteroatoms. The zero-order valence-electron chi connectivity index (χ0n) is 9.46. The van der Waals surface area contributed by atoms with E-state index in [1.165, 1.54) is 0 Å². The van der Waals surface area contributed by atoms with Crippen LogP contribution in [0.15, 0.2) is 0 Å². The first-order valence-electron chi connectivity index (χ1n) is 4.98. The molecule has 0 bridgehead atoms. The lowest BCUT2D eigenvalue weighted by Gasteiger charge is -2.25. The van der Waals surface area contributed by atoms with Crippen LogP contribution in [0.4, 0.5) is 0 Å². The van der Waals surface area contributed by atoms with E-state index in [0.717, 1.165) is 0 Å². The molecule has 2 N–H and O–H groups in total. The number of carboxylic acid groups (broad SMARTS) is 1. The number of hydrogen-bond donors (Lipinski definition) is 2. The van der Waals surface area contributed by atoms with Crippen molar-refractivity contribution in [2.45, 2.75) is 33.2 Å². The third-order valence-electron chi connectivity index (χ3n) is 1.88. The van der Waals surface area contributed by atoms with Crippen molar-refractivity contribution in [1.82, 2.24) is 5.32 Å². The van der Waals surface area contributed by atoms with Crippen LogP contribution in [0.1, 0.15) is 27.7 Å². The van der Waals surface area contributed by atoms with Crippen molar-refractivity contribution < 1.29 is 14.6 Å². The number of nitrogens with one attached hydrogen (secondary N) is 1. The first-order valence-corrected chi connectivity index (χ1v) is 4.98.